The summed E-state index contributed by atoms with van der Waals surface area (Å²) in [4.78, 5) is 16.7. The van der Waals surface area contributed by atoms with Gasteiger partial charge in [0.15, 0.2) is 5.17 Å². The quantitative estimate of drug-likeness (QED) is 0.856. The van der Waals surface area contributed by atoms with Crippen molar-refractivity contribution in [2.24, 2.45) is 16.8 Å². The Hall–Kier alpha value is -0.510. The first-order valence-electron chi connectivity index (χ1n) is 7.67. The Morgan fingerprint density at radius 3 is 2.63 bits per heavy atom. The first-order valence-corrected chi connectivity index (χ1v) is 8.55. The average Bonchev–Trinajstić information content (AvgIpc) is 2.79. The molecule has 0 aromatic heterocycles. The van der Waals surface area contributed by atoms with E-state index in [2.05, 4.69) is 26.1 Å². The predicted molar refractivity (Wildman–Crippen MR) is 82.4 cm³/mol. The van der Waals surface area contributed by atoms with Crippen LogP contribution in [0.15, 0.2) is 4.99 Å². The number of rotatable bonds is 4. The molecule has 2 unspecified atom stereocenters. The first-order chi connectivity index (χ1) is 9.11. The number of nitrogens with zero attached hydrogens (tertiary/aromatic N) is 1. The second-order valence-electron chi connectivity index (χ2n) is 5.99. The summed E-state index contributed by atoms with van der Waals surface area (Å²) in [5.74, 6) is 1.28. The third kappa shape index (κ3) is 3.74. The van der Waals surface area contributed by atoms with Crippen molar-refractivity contribution in [2.45, 2.75) is 70.6 Å². The molecule has 1 N–H and O–H groups in total. The zero-order chi connectivity index (χ0) is 13.8. The maximum Gasteiger partial charge on any atom is 0.239 e. The lowest BCUT2D eigenvalue weighted by molar-refractivity contribution is -0.119. The van der Waals surface area contributed by atoms with Crippen molar-refractivity contribution >= 4 is 22.8 Å². The number of carbonyl (C=O) groups is 1. The molecule has 4 heteroatoms. The molecule has 1 heterocycles. The molecule has 19 heavy (non-hydrogen) atoms. The van der Waals surface area contributed by atoms with E-state index in [-0.39, 0.29) is 11.2 Å². The fourth-order valence-electron chi connectivity index (χ4n) is 2.94. The van der Waals surface area contributed by atoms with E-state index >= 15 is 0 Å². The number of carbonyl (C=O) groups excluding carboxylic acids is 1. The minimum atomic E-state index is 0.0577. The van der Waals surface area contributed by atoms with Gasteiger partial charge in [-0.25, -0.2) is 0 Å². The Balaban J connectivity index is 1.94. The van der Waals surface area contributed by atoms with E-state index in [1.807, 2.05) is 0 Å². The Labute approximate surface area is 121 Å². The molecule has 1 saturated carbocycles. The summed E-state index contributed by atoms with van der Waals surface area (Å²) in [6, 6.07) is 0.346. The summed E-state index contributed by atoms with van der Waals surface area (Å²) >= 11 is 1.63. The maximum atomic E-state index is 11.9. The lowest BCUT2D eigenvalue weighted by Gasteiger charge is -2.25. The molecule has 1 aliphatic heterocycles. The first kappa shape index (κ1) is 14.9. The molecule has 0 aromatic rings. The molecule has 0 radical (unpaired) electrons. The maximum absolute atomic E-state index is 11.9. The summed E-state index contributed by atoms with van der Waals surface area (Å²) in [6.07, 6.45) is 7.69. The monoisotopic (exact) mass is 282 g/mol. The molecule has 0 spiro atoms. The van der Waals surface area contributed by atoms with Crippen LogP contribution in [0.1, 0.15) is 59.3 Å². The highest BCUT2D eigenvalue weighted by Gasteiger charge is 2.34. The Kier molecular flexibility index (Phi) is 5.31. The molecule has 3 atom stereocenters. The molecular formula is C15H26N2OS. The molecule has 108 valence electrons. The summed E-state index contributed by atoms with van der Waals surface area (Å²) in [7, 11) is 0. The highest BCUT2D eigenvalue weighted by molar-refractivity contribution is 8.15. The molecule has 3 nitrogen and oxygen atoms in total. The van der Waals surface area contributed by atoms with Crippen LogP contribution in [0.25, 0.3) is 0 Å². The lowest BCUT2D eigenvalue weighted by atomic mass is 9.85. The van der Waals surface area contributed by atoms with Crippen LogP contribution >= 0.6 is 11.8 Å². The van der Waals surface area contributed by atoms with Crippen molar-refractivity contribution in [3.05, 3.63) is 0 Å². The van der Waals surface area contributed by atoms with Gasteiger partial charge in [0.1, 0.15) is 0 Å². The van der Waals surface area contributed by atoms with Crippen LogP contribution in [0.5, 0.6) is 0 Å². The largest absolute Gasteiger partial charge is 0.304 e. The Bertz CT molecular complexity index is 350. The normalized spacial score (nSPS) is 30.4. The zero-order valence-electron chi connectivity index (χ0n) is 12.3. The zero-order valence-corrected chi connectivity index (χ0v) is 13.1. The van der Waals surface area contributed by atoms with Crippen LogP contribution in [-0.2, 0) is 4.79 Å². The summed E-state index contributed by atoms with van der Waals surface area (Å²) in [5.41, 5.74) is 0. The fourth-order valence-corrected chi connectivity index (χ4v) is 4.16. The van der Waals surface area contributed by atoms with Crippen molar-refractivity contribution in [2.75, 3.05) is 0 Å². The van der Waals surface area contributed by atoms with E-state index in [1.165, 1.54) is 32.1 Å². The van der Waals surface area contributed by atoms with E-state index in [0.29, 0.717) is 17.9 Å². The van der Waals surface area contributed by atoms with Gasteiger partial charge in [0.25, 0.3) is 0 Å². The molecule has 1 amide bonds. The van der Waals surface area contributed by atoms with E-state index in [1.54, 1.807) is 11.8 Å². The molecule has 2 fully saturated rings. The highest BCUT2D eigenvalue weighted by atomic mass is 32.2. The van der Waals surface area contributed by atoms with E-state index < -0.39 is 0 Å². The molecule has 2 aliphatic rings. The van der Waals surface area contributed by atoms with Gasteiger partial charge in [-0.15, -0.1) is 0 Å². The van der Waals surface area contributed by atoms with Crippen molar-refractivity contribution in [3.8, 4) is 0 Å². The minimum Gasteiger partial charge on any atom is -0.304 e. The van der Waals surface area contributed by atoms with E-state index in [4.69, 9.17) is 4.99 Å². The van der Waals surface area contributed by atoms with Crippen molar-refractivity contribution in [3.63, 3.8) is 0 Å². The third-order valence-corrected chi connectivity index (χ3v) is 5.90. The summed E-state index contributed by atoms with van der Waals surface area (Å²) in [5, 5.41) is 3.88. The number of nitrogens with one attached hydrogen (secondary N) is 1. The number of amidine groups is 1. The van der Waals surface area contributed by atoms with Crippen molar-refractivity contribution in [1.29, 1.82) is 0 Å². The number of hydrogen-bond donors (Lipinski definition) is 1. The average molecular weight is 282 g/mol. The van der Waals surface area contributed by atoms with Gasteiger partial charge in [0.2, 0.25) is 5.91 Å². The second kappa shape index (κ2) is 6.78. The van der Waals surface area contributed by atoms with Gasteiger partial charge < -0.3 is 5.32 Å². The lowest BCUT2D eigenvalue weighted by Crippen LogP contribution is -2.29. The van der Waals surface area contributed by atoms with E-state index in [9.17, 15) is 4.79 Å². The number of amides is 1. The highest BCUT2D eigenvalue weighted by Crippen LogP contribution is 2.31. The van der Waals surface area contributed by atoms with Crippen LogP contribution in [0.3, 0.4) is 0 Å². The van der Waals surface area contributed by atoms with Crippen LogP contribution < -0.4 is 5.32 Å². The topological polar surface area (TPSA) is 41.5 Å². The number of aliphatic imine (C=N–C) groups is 1. The molecular weight excluding hydrogens is 256 g/mol. The van der Waals surface area contributed by atoms with E-state index in [0.717, 1.165) is 11.6 Å². The van der Waals surface area contributed by atoms with Gasteiger partial charge in [-0.2, -0.15) is 0 Å². The summed E-state index contributed by atoms with van der Waals surface area (Å²) in [6.45, 7) is 6.48. The van der Waals surface area contributed by atoms with Crippen molar-refractivity contribution in [1.82, 2.24) is 5.32 Å². The SMILES string of the molecule is CCC(C)C1SC(=N[C@@H](C)C2CCCCC2)NC1=O. The second-order valence-corrected chi connectivity index (χ2v) is 7.12. The van der Waals surface area contributed by atoms with Crippen LogP contribution in [0, 0.1) is 11.8 Å². The number of thioether (sulfide) groups is 1. The van der Waals surface area contributed by atoms with Gasteiger partial charge in [0.05, 0.1) is 11.3 Å². The molecule has 0 aromatic carbocycles. The van der Waals surface area contributed by atoms with Gasteiger partial charge in [-0.05, 0) is 31.6 Å². The fraction of sp³-hybridized carbons (Fsp3) is 0.867. The third-order valence-electron chi connectivity index (χ3n) is 4.54. The molecule has 2 rings (SSSR count). The summed E-state index contributed by atoms with van der Waals surface area (Å²) < 4.78 is 0. The molecule has 1 aliphatic carbocycles. The van der Waals surface area contributed by atoms with Gasteiger partial charge >= 0.3 is 0 Å². The smallest absolute Gasteiger partial charge is 0.239 e. The van der Waals surface area contributed by atoms with Crippen LogP contribution in [-0.4, -0.2) is 22.4 Å². The number of hydrogen-bond acceptors (Lipinski definition) is 3. The van der Waals surface area contributed by atoms with Gasteiger partial charge in [-0.3, -0.25) is 9.79 Å². The Morgan fingerprint density at radius 1 is 1.32 bits per heavy atom. The molecule has 0 bridgehead atoms. The van der Waals surface area contributed by atoms with Crippen LogP contribution in [0.2, 0.25) is 0 Å². The van der Waals surface area contributed by atoms with Gasteiger partial charge in [-0.1, -0.05) is 51.3 Å². The minimum absolute atomic E-state index is 0.0577. The molecule has 1 saturated heterocycles. The van der Waals surface area contributed by atoms with Crippen molar-refractivity contribution < 1.29 is 4.79 Å². The van der Waals surface area contributed by atoms with Gasteiger partial charge in [0, 0.05) is 0 Å². The van der Waals surface area contributed by atoms with Crippen LogP contribution in [0.4, 0.5) is 0 Å². The standard InChI is InChI=1S/C15H26N2OS/c1-4-10(2)13-14(18)17-15(19-13)16-11(3)12-8-6-5-7-9-12/h10-13H,4-9H2,1-3H3,(H,16,17,18)/t10?,11-,13?/m0/s1. The Morgan fingerprint density at radius 2 is 2.00 bits per heavy atom. The predicted octanol–water partition coefficient (Wildman–Crippen LogP) is 3.59.